The molecule has 6 heteroatoms. The molecular formula is C13H21N3O3. The molecule has 0 aliphatic carbocycles. The SMILES string of the molecule is Cc1cc(CC(=O)N2C[C@@H](CO)[C@H](N(C)C)C2)on1. The third-order valence-electron chi connectivity index (χ3n) is 3.66. The van der Waals surface area contributed by atoms with E-state index in [1.807, 2.05) is 21.0 Å². The second-order valence-electron chi connectivity index (χ2n) is 5.38. The Morgan fingerprint density at radius 2 is 2.32 bits per heavy atom. The van der Waals surface area contributed by atoms with Crippen molar-refractivity contribution in [1.29, 1.82) is 0 Å². The van der Waals surface area contributed by atoms with Crippen LogP contribution >= 0.6 is 0 Å². The molecule has 1 amide bonds. The van der Waals surface area contributed by atoms with Gasteiger partial charge in [0.25, 0.3) is 0 Å². The first-order valence-electron chi connectivity index (χ1n) is 6.48. The van der Waals surface area contributed by atoms with Crippen LogP contribution in [0.3, 0.4) is 0 Å². The van der Waals surface area contributed by atoms with Crippen molar-refractivity contribution >= 4 is 5.91 Å². The molecule has 0 saturated carbocycles. The lowest BCUT2D eigenvalue weighted by Gasteiger charge is -2.23. The summed E-state index contributed by atoms with van der Waals surface area (Å²) in [6, 6.07) is 1.99. The molecule has 2 rings (SSSR count). The second-order valence-corrected chi connectivity index (χ2v) is 5.38. The monoisotopic (exact) mass is 267 g/mol. The molecule has 1 fully saturated rings. The van der Waals surface area contributed by atoms with Gasteiger partial charge in [0.15, 0.2) is 0 Å². The van der Waals surface area contributed by atoms with Gasteiger partial charge in [0.2, 0.25) is 5.91 Å². The normalized spacial score (nSPS) is 23.3. The van der Waals surface area contributed by atoms with Gasteiger partial charge in [-0.05, 0) is 21.0 Å². The summed E-state index contributed by atoms with van der Waals surface area (Å²) < 4.78 is 5.06. The highest BCUT2D eigenvalue weighted by Gasteiger charge is 2.36. The molecule has 1 aromatic heterocycles. The van der Waals surface area contributed by atoms with E-state index >= 15 is 0 Å². The number of hydrogen-bond donors (Lipinski definition) is 1. The zero-order valence-corrected chi connectivity index (χ0v) is 11.7. The first-order chi connectivity index (χ1) is 9.01. The molecule has 1 aromatic rings. The van der Waals surface area contributed by atoms with Crippen LogP contribution in [0.15, 0.2) is 10.6 Å². The number of nitrogens with zero attached hydrogens (tertiary/aromatic N) is 3. The minimum Gasteiger partial charge on any atom is -0.396 e. The van der Waals surface area contributed by atoms with E-state index in [1.54, 1.807) is 11.0 Å². The maximum absolute atomic E-state index is 12.2. The van der Waals surface area contributed by atoms with E-state index in [-0.39, 0.29) is 30.9 Å². The van der Waals surface area contributed by atoms with Gasteiger partial charge in [0, 0.05) is 37.7 Å². The molecule has 0 radical (unpaired) electrons. The fourth-order valence-electron chi connectivity index (χ4n) is 2.58. The molecule has 106 valence electrons. The number of hydrogen-bond acceptors (Lipinski definition) is 5. The van der Waals surface area contributed by atoms with Crippen molar-refractivity contribution in [2.45, 2.75) is 19.4 Å². The van der Waals surface area contributed by atoms with Gasteiger partial charge in [-0.1, -0.05) is 5.16 Å². The first-order valence-corrected chi connectivity index (χ1v) is 6.48. The van der Waals surface area contributed by atoms with Crippen molar-refractivity contribution in [1.82, 2.24) is 15.0 Å². The van der Waals surface area contributed by atoms with Crippen LogP contribution in [0.5, 0.6) is 0 Å². The number of aromatic nitrogens is 1. The van der Waals surface area contributed by atoms with Gasteiger partial charge < -0.3 is 19.4 Å². The predicted octanol–water partition coefficient (Wildman–Crippen LogP) is -0.0936. The fourth-order valence-corrected chi connectivity index (χ4v) is 2.58. The molecule has 6 nitrogen and oxygen atoms in total. The van der Waals surface area contributed by atoms with Gasteiger partial charge >= 0.3 is 0 Å². The van der Waals surface area contributed by atoms with Crippen LogP contribution in [0, 0.1) is 12.8 Å². The smallest absolute Gasteiger partial charge is 0.230 e. The maximum Gasteiger partial charge on any atom is 0.230 e. The standard InChI is InChI=1S/C13H21N3O3/c1-9-4-11(19-14-9)5-13(18)16-6-10(8-17)12(7-16)15(2)3/h4,10,12,17H,5-8H2,1-3H3/t10-,12+/m0/s1. The lowest BCUT2D eigenvalue weighted by Crippen LogP contribution is -2.37. The zero-order valence-electron chi connectivity index (χ0n) is 11.7. The van der Waals surface area contributed by atoms with Crippen molar-refractivity contribution < 1.29 is 14.4 Å². The highest BCUT2D eigenvalue weighted by Crippen LogP contribution is 2.21. The van der Waals surface area contributed by atoms with Gasteiger partial charge in [-0.25, -0.2) is 0 Å². The molecule has 19 heavy (non-hydrogen) atoms. The lowest BCUT2D eigenvalue weighted by molar-refractivity contribution is -0.130. The number of carbonyl (C=O) groups is 1. The molecule has 1 aliphatic heterocycles. The van der Waals surface area contributed by atoms with E-state index in [4.69, 9.17) is 4.52 Å². The molecule has 2 heterocycles. The summed E-state index contributed by atoms with van der Waals surface area (Å²) in [6.45, 7) is 3.20. The maximum atomic E-state index is 12.2. The molecule has 1 aliphatic rings. The van der Waals surface area contributed by atoms with Crippen LogP contribution in [-0.2, 0) is 11.2 Å². The number of amides is 1. The van der Waals surface area contributed by atoms with E-state index < -0.39 is 0 Å². The van der Waals surface area contributed by atoms with Gasteiger partial charge in [-0.3, -0.25) is 4.79 Å². The summed E-state index contributed by atoms with van der Waals surface area (Å²) in [5.74, 6) is 0.741. The number of rotatable bonds is 4. The zero-order chi connectivity index (χ0) is 14.0. The van der Waals surface area contributed by atoms with Crippen LogP contribution in [0.4, 0.5) is 0 Å². The highest BCUT2D eigenvalue weighted by atomic mass is 16.5. The summed E-state index contributed by atoms with van der Waals surface area (Å²) in [6.07, 6.45) is 0.235. The minimum atomic E-state index is 0.0268. The summed E-state index contributed by atoms with van der Waals surface area (Å²) in [5, 5.41) is 13.2. The van der Waals surface area contributed by atoms with Crippen LogP contribution in [0.1, 0.15) is 11.5 Å². The molecule has 1 saturated heterocycles. The Balaban J connectivity index is 1.97. The third kappa shape index (κ3) is 3.13. The Labute approximate surface area is 113 Å². The minimum absolute atomic E-state index is 0.0268. The van der Waals surface area contributed by atoms with E-state index in [1.165, 1.54) is 0 Å². The molecule has 0 unspecified atom stereocenters. The number of likely N-dealkylation sites (N-methyl/N-ethyl adjacent to an activating group) is 1. The van der Waals surface area contributed by atoms with Crippen molar-refractivity contribution in [3.63, 3.8) is 0 Å². The van der Waals surface area contributed by atoms with Gasteiger partial charge in [-0.15, -0.1) is 0 Å². The summed E-state index contributed by atoms with van der Waals surface area (Å²) in [7, 11) is 3.95. The number of aliphatic hydroxyl groups excluding tert-OH is 1. The summed E-state index contributed by atoms with van der Waals surface area (Å²) in [5.41, 5.74) is 0.781. The number of likely N-dealkylation sites (tertiary alicyclic amines) is 1. The van der Waals surface area contributed by atoms with Crippen molar-refractivity contribution in [3.8, 4) is 0 Å². The van der Waals surface area contributed by atoms with E-state index in [0.29, 0.717) is 18.8 Å². The molecule has 0 bridgehead atoms. The number of aliphatic hydroxyl groups is 1. The first kappa shape index (κ1) is 14.0. The van der Waals surface area contributed by atoms with E-state index in [0.717, 1.165) is 5.69 Å². The second kappa shape index (κ2) is 5.71. The van der Waals surface area contributed by atoms with Crippen LogP contribution < -0.4 is 0 Å². The molecule has 0 spiro atoms. The third-order valence-corrected chi connectivity index (χ3v) is 3.66. The Morgan fingerprint density at radius 3 is 2.79 bits per heavy atom. The highest BCUT2D eigenvalue weighted by molar-refractivity contribution is 5.78. The summed E-state index contributed by atoms with van der Waals surface area (Å²) in [4.78, 5) is 16.0. The molecule has 0 aromatic carbocycles. The Morgan fingerprint density at radius 1 is 1.58 bits per heavy atom. The van der Waals surface area contributed by atoms with Crippen LogP contribution in [0.2, 0.25) is 0 Å². The van der Waals surface area contributed by atoms with Crippen molar-refractivity contribution in [3.05, 3.63) is 17.5 Å². The number of carbonyl (C=O) groups excluding carboxylic acids is 1. The number of aryl methyl sites for hydroxylation is 1. The van der Waals surface area contributed by atoms with Crippen LogP contribution in [-0.4, -0.2) is 65.8 Å². The quantitative estimate of drug-likeness (QED) is 0.825. The van der Waals surface area contributed by atoms with E-state index in [9.17, 15) is 9.90 Å². The molecule has 2 atom stereocenters. The molecular weight excluding hydrogens is 246 g/mol. The topological polar surface area (TPSA) is 69.8 Å². The molecule has 1 N–H and O–H groups in total. The fraction of sp³-hybridized carbons (Fsp3) is 0.692. The van der Waals surface area contributed by atoms with Gasteiger partial charge in [0.1, 0.15) is 5.76 Å². The van der Waals surface area contributed by atoms with E-state index in [2.05, 4.69) is 10.1 Å². The largest absolute Gasteiger partial charge is 0.396 e. The van der Waals surface area contributed by atoms with Crippen molar-refractivity contribution in [2.24, 2.45) is 5.92 Å². The predicted molar refractivity (Wildman–Crippen MR) is 69.6 cm³/mol. The Hall–Kier alpha value is -1.40. The van der Waals surface area contributed by atoms with Gasteiger partial charge in [0.05, 0.1) is 12.1 Å². The summed E-state index contributed by atoms with van der Waals surface area (Å²) >= 11 is 0. The Bertz CT molecular complexity index is 444. The lowest BCUT2D eigenvalue weighted by atomic mass is 10.0. The van der Waals surface area contributed by atoms with Gasteiger partial charge in [-0.2, -0.15) is 0 Å². The average Bonchev–Trinajstić information content (AvgIpc) is 2.95. The van der Waals surface area contributed by atoms with Crippen molar-refractivity contribution in [2.75, 3.05) is 33.8 Å². The Kier molecular flexibility index (Phi) is 4.21. The average molecular weight is 267 g/mol. The van der Waals surface area contributed by atoms with Crippen LogP contribution in [0.25, 0.3) is 0 Å².